The number of nitrogens with zero attached hydrogens (tertiary/aromatic N) is 2. The van der Waals surface area contributed by atoms with E-state index in [4.69, 9.17) is 14.6 Å². The number of aromatic nitrogens is 2. The van der Waals surface area contributed by atoms with Crippen molar-refractivity contribution in [2.24, 2.45) is 0 Å². The summed E-state index contributed by atoms with van der Waals surface area (Å²) >= 11 is 0. The van der Waals surface area contributed by atoms with Gasteiger partial charge in [0.05, 0.1) is 17.2 Å². The molecule has 154 valence electrons. The molecule has 0 unspecified atom stereocenters. The van der Waals surface area contributed by atoms with Gasteiger partial charge >= 0.3 is 5.97 Å². The number of carboxylic acids is 1. The molecule has 0 spiro atoms. The summed E-state index contributed by atoms with van der Waals surface area (Å²) in [5.74, 6) is -1.29. The SMILES string of the molecule is CC(C)Oc1cc(C(=O)Nc2ccc(C(=O)O)cn2)cc(Oc2ccc(F)cc2)n1. The van der Waals surface area contributed by atoms with Crippen LogP contribution >= 0.6 is 0 Å². The van der Waals surface area contributed by atoms with Gasteiger partial charge in [-0.25, -0.2) is 14.2 Å². The fraction of sp³-hybridized carbons (Fsp3) is 0.143. The van der Waals surface area contributed by atoms with Gasteiger partial charge in [0.2, 0.25) is 11.8 Å². The van der Waals surface area contributed by atoms with Crippen molar-refractivity contribution in [3.63, 3.8) is 0 Å². The minimum Gasteiger partial charge on any atom is -0.478 e. The van der Waals surface area contributed by atoms with E-state index in [0.29, 0.717) is 5.75 Å². The Bertz CT molecular complexity index is 1050. The number of carbonyl (C=O) groups is 2. The molecule has 3 aromatic rings. The monoisotopic (exact) mass is 411 g/mol. The highest BCUT2D eigenvalue weighted by molar-refractivity contribution is 6.04. The van der Waals surface area contributed by atoms with Crippen molar-refractivity contribution in [3.8, 4) is 17.5 Å². The molecule has 3 rings (SSSR count). The van der Waals surface area contributed by atoms with Crippen molar-refractivity contribution >= 4 is 17.7 Å². The molecule has 0 aliphatic carbocycles. The quantitative estimate of drug-likeness (QED) is 0.601. The van der Waals surface area contributed by atoms with Crippen LogP contribution in [0.2, 0.25) is 0 Å². The van der Waals surface area contributed by atoms with Crippen molar-refractivity contribution in [2.45, 2.75) is 20.0 Å². The van der Waals surface area contributed by atoms with E-state index in [2.05, 4.69) is 15.3 Å². The fourth-order valence-electron chi connectivity index (χ4n) is 2.37. The summed E-state index contributed by atoms with van der Waals surface area (Å²) in [4.78, 5) is 31.7. The van der Waals surface area contributed by atoms with Gasteiger partial charge in [-0.3, -0.25) is 4.79 Å². The number of hydrogen-bond acceptors (Lipinski definition) is 6. The molecule has 0 radical (unpaired) electrons. The van der Waals surface area contributed by atoms with Crippen LogP contribution < -0.4 is 14.8 Å². The second-order valence-corrected chi connectivity index (χ2v) is 6.45. The van der Waals surface area contributed by atoms with Gasteiger partial charge < -0.3 is 19.9 Å². The molecule has 1 amide bonds. The number of nitrogens with one attached hydrogen (secondary N) is 1. The lowest BCUT2D eigenvalue weighted by Crippen LogP contribution is -2.15. The highest BCUT2D eigenvalue weighted by Gasteiger charge is 2.14. The molecule has 1 aromatic carbocycles. The van der Waals surface area contributed by atoms with Crippen LogP contribution in [0.4, 0.5) is 10.2 Å². The summed E-state index contributed by atoms with van der Waals surface area (Å²) in [6, 6.07) is 10.9. The summed E-state index contributed by atoms with van der Waals surface area (Å²) in [6.45, 7) is 3.62. The highest BCUT2D eigenvalue weighted by Crippen LogP contribution is 2.25. The predicted octanol–water partition coefficient (Wildman–Crippen LogP) is 4.15. The first-order valence-corrected chi connectivity index (χ1v) is 8.93. The zero-order chi connectivity index (χ0) is 21.7. The molecule has 8 nitrogen and oxygen atoms in total. The molecule has 0 bridgehead atoms. The maximum absolute atomic E-state index is 13.1. The van der Waals surface area contributed by atoms with Crippen molar-refractivity contribution < 1.29 is 28.6 Å². The van der Waals surface area contributed by atoms with Crippen molar-refractivity contribution in [2.75, 3.05) is 5.32 Å². The second-order valence-electron chi connectivity index (χ2n) is 6.45. The molecule has 30 heavy (non-hydrogen) atoms. The van der Waals surface area contributed by atoms with E-state index in [1.807, 2.05) is 13.8 Å². The van der Waals surface area contributed by atoms with Crippen LogP contribution in [0.5, 0.6) is 17.5 Å². The number of aromatic carboxylic acids is 1. The van der Waals surface area contributed by atoms with Gasteiger partial charge in [-0.15, -0.1) is 0 Å². The van der Waals surface area contributed by atoms with Crippen LogP contribution in [0, 0.1) is 5.82 Å². The summed E-state index contributed by atoms with van der Waals surface area (Å²) in [6.07, 6.45) is 0.945. The molecule has 0 atom stereocenters. The standard InChI is InChI=1S/C21H18FN3O5/c1-12(2)29-18-9-14(10-19(25-18)30-16-6-4-15(22)5-7-16)20(26)24-17-8-3-13(11-23-17)21(27)28/h3-12H,1-2H3,(H,27,28)(H,23,24,26). The lowest BCUT2D eigenvalue weighted by atomic mass is 10.2. The zero-order valence-corrected chi connectivity index (χ0v) is 16.1. The number of benzene rings is 1. The van der Waals surface area contributed by atoms with Crippen LogP contribution in [0.3, 0.4) is 0 Å². The Labute approximate surface area is 171 Å². The van der Waals surface area contributed by atoms with Gasteiger partial charge in [0.15, 0.2) is 0 Å². The summed E-state index contributed by atoms with van der Waals surface area (Å²) in [5, 5.41) is 11.5. The predicted molar refractivity (Wildman–Crippen MR) is 106 cm³/mol. The van der Waals surface area contributed by atoms with E-state index in [0.717, 1.165) is 6.20 Å². The lowest BCUT2D eigenvalue weighted by Gasteiger charge is -2.13. The van der Waals surface area contributed by atoms with E-state index in [1.54, 1.807) is 0 Å². The highest BCUT2D eigenvalue weighted by atomic mass is 19.1. The summed E-state index contributed by atoms with van der Waals surface area (Å²) < 4.78 is 24.3. The first kappa shape index (κ1) is 20.7. The lowest BCUT2D eigenvalue weighted by molar-refractivity contribution is 0.0696. The molecule has 0 saturated heterocycles. The topological polar surface area (TPSA) is 111 Å². The summed E-state index contributed by atoms with van der Waals surface area (Å²) in [7, 11) is 0. The Kier molecular flexibility index (Phi) is 6.21. The third-order valence-corrected chi connectivity index (χ3v) is 3.69. The van der Waals surface area contributed by atoms with Gasteiger partial charge in [0.25, 0.3) is 5.91 Å². The van der Waals surface area contributed by atoms with Crippen LogP contribution in [-0.2, 0) is 0 Å². The first-order valence-electron chi connectivity index (χ1n) is 8.93. The smallest absolute Gasteiger partial charge is 0.337 e. The third-order valence-electron chi connectivity index (χ3n) is 3.69. The minimum atomic E-state index is -1.12. The van der Waals surface area contributed by atoms with Gasteiger partial charge in [-0.2, -0.15) is 4.98 Å². The molecule has 0 aliphatic heterocycles. The van der Waals surface area contributed by atoms with Crippen LogP contribution in [-0.4, -0.2) is 33.1 Å². The second kappa shape index (κ2) is 8.99. The molecule has 0 saturated carbocycles. The first-order chi connectivity index (χ1) is 14.3. The normalized spacial score (nSPS) is 10.5. The van der Waals surface area contributed by atoms with Gasteiger partial charge in [-0.05, 0) is 50.2 Å². The van der Waals surface area contributed by atoms with Crippen LogP contribution in [0.15, 0.2) is 54.7 Å². The molecule has 2 aromatic heterocycles. The average Bonchev–Trinajstić information content (AvgIpc) is 2.69. The molecular weight excluding hydrogens is 393 g/mol. The van der Waals surface area contributed by atoms with E-state index in [-0.39, 0.29) is 34.8 Å². The molecular formula is C21H18FN3O5. The molecule has 2 N–H and O–H groups in total. The van der Waals surface area contributed by atoms with E-state index < -0.39 is 17.7 Å². The van der Waals surface area contributed by atoms with Gasteiger partial charge in [0, 0.05) is 18.3 Å². The number of hydrogen-bond donors (Lipinski definition) is 2. The number of pyridine rings is 2. The van der Waals surface area contributed by atoms with Crippen LogP contribution in [0.25, 0.3) is 0 Å². The average molecular weight is 411 g/mol. The number of carboxylic acid groups (broad SMARTS) is 1. The Morgan fingerprint density at radius 2 is 1.73 bits per heavy atom. The van der Waals surface area contributed by atoms with E-state index in [1.165, 1.54) is 48.5 Å². The van der Waals surface area contributed by atoms with Gasteiger partial charge in [-0.1, -0.05) is 0 Å². The molecule has 9 heteroatoms. The van der Waals surface area contributed by atoms with Crippen molar-refractivity contribution in [3.05, 3.63) is 71.7 Å². The van der Waals surface area contributed by atoms with E-state index in [9.17, 15) is 14.0 Å². The molecule has 0 fully saturated rings. The van der Waals surface area contributed by atoms with Crippen molar-refractivity contribution in [1.29, 1.82) is 0 Å². The Balaban J connectivity index is 1.84. The molecule has 0 aliphatic rings. The largest absolute Gasteiger partial charge is 0.478 e. The summed E-state index contributed by atoms with van der Waals surface area (Å²) in [5.41, 5.74) is 0.182. The number of rotatable bonds is 7. The number of anilines is 1. The Morgan fingerprint density at radius 3 is 2.33 bits per heavy atom. The number of carbonyl (C=O) groups excluding carboxylic acids is 1. The minimum absolute atomic E-state index is 0.000450. The molecule has 2 heterocycles. The maximum Gasteiger partial charge on any atom is 0.337 e. The number of ether oxygens (including phenoxy) is 2. The number of amides is 1. The van der Waals surface area contributed by atoms with E-state index >= 15 is 0 Å². The number of halogens is 1. The third kappa shape index (κ3) is 5.51. The van der Waals surface area contributed by atoms with Crippen molar-refractivity contribution in [1.82, 2.24) is 9.97 Å². The van der Waals surface area contributed by atoms with Gasteiger partial charge in [0.1, 0.15) is 17.4 Å². The zero-order valence-electron chi connectivity index (χ0n) is 16.1. The van der Waals surface area contributed by atoms with Crippen LogP contribution in [0.1, 0.15) is 34.6 Å². The fourth-order valence-corrected chi connectivity index (χ4v) is 2.37. The Morgan fingerprint density at radius 1 is 1.03 bits per heavy atom. The maximum atomic E-state index is 13.1. The Hall–Kier alpha value is -4.01.